The van der Waals surface area contributed by atoms with Crippen molar-refractivity contribution in [3.8, 4) is 0 Å². The summed E-state index contributed by atoms with van der Waals surface area (Å²) in [4.78, 5) is 0. The van der Waals surface area contributed by atoms with E-state index in [0.717, 1.165) is 12.0 Å². The summed E-state index contributed by atoms with van der Waals surface area (Å²) in [5, 5.41) is 19.0. The Kier molecular flexibility index (Phi) is 2.57. The number of rotatable bonds is 1. The number of hydrogen-bond acceptors (Lipinski definition) is 2. The van der Waals surface area contributed by atoms with Crippen LogP contribution in [0.15, 0.2) is 18.2 Å². The predicted octanol–water partition coefficient (Wildman–Crippen LogP) is 1.58. The van der Waals surface area contributed by atoms with Crippen LogP contribution in [-0.2, 0) is 6.42 Å². The number of aryl methyl sites for hydroxylation is 1. The number of aliphatic hydroxyl groups is 2. The van der Waals surface area contributed by atoms with Crippen LogP contribution in [0, 0.1) is 12.8 Å². The predicted molar refractivity (Wildman–Crippen MR) is 55.0 cm³/mol. The summed E-state index contributed by atoms with van der Waals surface area (Å²) in [6.07, 6.45) is 1.19. The van der Waals surface area contributed by atoms with E-state index in [-0.39, 0.29) is 12.5 Å². The van der Waals surface area contributed by atoms with Crippen molar-refractivity contribution < 1.29 is 10.2 Å². The van der Waals surface area contributed by atoms with Gasteiger partial charge in [-0.1, -0.05) is 18.2 Å². The van der Waals surface area contributed by atoms with Crippen molar-refractivity contribution >= 4 is 0 Å². The van der Waals surface area contributed by atoms with Gasteiger partial charge in [-0.05, 0) is 42.4 Å². The third kappa shape index (κ3) is 1.56. The van der Waals surface area contributed by atoms with Gasteiger partial charge >= 0.3 is 0 Å². The highest BCUT2D eigenvalue weighted by Crippen LogP contribution is 2.34. The van der Waals surface area contributed by atoms with E-state index in [1.54, 1.807) is 0 Å². The fraction of sp³-hybridized carbons (Fsp3) is 0.500. The fourth-order valence-corrected chi connectivity index (χ4v) is 2.27. The fourth-order valence-electron chi connectivity index (χ4n) is 2.27. The Morgan fingerprint density at radius 2 is 2.21 bits per heavy atom. The van der Waals surface area contributed by atoms with E-state index in [1.165, 1.54) is 11.1 Å². The van der Waals surface area contributed by atoms with Gasteiger partial charge in [0.25, 0.3) is 0 Å². The van der Waals surface area contributed by atoms with Crippen LogP contribution in [0.4, 0.5) is 0 Å². The molecule has 1 aliphatic carbocycles. The Morgan fingerprint density at radius 1 is 1.43 bits per heavy atom. The Labute approximate surface area is 84.2 Å². The molecule has 2 N–H and O–H groups in total. The molecule has 2 nitrogen and oxygen atoms in total. The average molecular weight is 192 g/mol. The van der Waals surface area contributed by atoms with Gasteiger partial charge in [0.15, 0.2) is 0 Å². The highest BCUT2D eigenvalue weighted by atomic mass is 16.3. The van der Waals surface area contributed by atoms with Crippen molar-refractivity contribution in [3.63, 3.8) is 0 Å². The quantitative estimate of drug-likeness (QED) is 0.709. The van der Waals surface area contributed by atoms with Gasteiger partial charge in [0.1, 0.15) is 0 Å². The molecule has 2 rings (SSSR count). The molecule has 0 radical (unpaired) electrons. The lowest BCUT2D eigenvalue weighted by atomic mass is 9.80. The largest absolute Gasteiger partial charge is 0.396 e. The zero-order valence-electron chi connectivity index (χ0n) is 8.40. The molecule has 0 saturated carbocycles. The van der Waals surface area contributed by atoms with Crippen LogP contribution in [0.25, 0.3) is 0 Å². The van der Waals surface area contributed by atoms with Crippen molar-refractivity contribution in [1.29, 1.82) is 0 Å². The maximum atomic E-state index is 9.88. The summed E-state index contributed by atoms with van der Waals surface area (Å²) in [7, 11) is 0. The monoisotopic (exact) mass is 192 g/mol. The van der Waals surface area contributed by atoms with Gasteiger partial charge in [0, 0.05) is 6.61 Å². The van der Waals surface area contributed by atoms with Crippen molar-refractivity contribution in [1.82, 2.24) is 0 Å². The summed E-state index contributed by atoms with van der Waals surface area (Å²) < 4.78 is 0. The van der Waals surface area contributed by atoms with E-state index in [0.29, 0.717) is 6.42 Å². The molecule has 14 heavy (non-hydrogen) atoms. The molecule has 0 fully saturated rings. The summed E-state index contributed by atoms with van der Waals surface area (Å²) in [5.74, 6) is 0.221. The Hall–Kier alpha value is -0.860. The molecular formula is C12H16O2. The Balaban J connectivity index is 2.40. The van der Waals surface area contributed by atoms with Crippen LogP contribution in [0.5, 0.6) is 0 Å². The number of benzene rings is 1. The second-order valence-corrected chi connectivity index (χ2v) is 4.15. The highest BCUT2D eigenvalue weighted by Gasteiger charge is 2.25. The van der Waals surface area contributed by atoms with Crippen LogP contribution in [0.1, 0.15) is 29.2 Å². The Morgan fingerprint density at radius 3 is 2.93 bits per heavy atom. The summed E-state index contributed by atoms with van der Waals surface area (Å²) in [6, 6.07) is 6.03. The van der Waals surface area contributed by atoms with Crippen molar-refractivity contribution in [2.75, 3.05) is 6.61 Å². The SMILES string of the molecule is Cc1cccc2c1C[C@@H](CO)C[C@@H]2O. The van der Waals surface area contributed by atoms with E-state index < -0.39 is 6.10 Å². The molecule has 2 heteroatoms. The summed E-state index contributed by atoms with van der Waals surface area (Å²) >= 11 is 0. The molecule has 0 bridgehead atoms. The third-order valence-electron chi connectivity index (χ3n) is 3.11. The molecule has 0 amide bonds. The smallest absolute Gasteiger partial charge is 0.0796 e. The zero-order valence-corrected chi connectivity index (χ0v) is 8.40. The van der Waals surface area contributed by atoms with Crippen LogP contribution in [0.2, 0.25) is 0 Å². The second-order valence-electron chi connectivity index (χ2n) is 4.15. The van der Waals surface area contributed by atoms with E-state index >= 15 is 0 Å². The maximum absolute atomic E-state index is 9.88. The number of aliphatic hydroxyl groups excluding tert-OH is 2. The Bertz CT molecular complexity index is 333. The van der Waals surface area contributed by atoms with Gasteiger partial charge in [-0.2, -0.15) is 0 Å². The molecule has 0 heterocycles. The first-order valence-electron chi connectivity index (χ1n) is 5.09. The second kappa shape index (κ2) is 3.71. The van der Waals surface area contributed by atoms with E-state index in [1.807, 2.05) is 12.1 Å². The molecule has 0 unspecified atom stereocenters. The van der Waals surface area contributed by atoms with Crippen LogP contribution < -0.4 is 0 Å². The van der Waals surface area contributed by atoms with E-state index in [4.69, 9.17) is 5.11 Å². The molecule has 2 atom stereocenters. The lowest BCUT2D eigenvalue weighted by molar-refractivity contribution is 0.104. The summed E-state index contributed by atoms with van der Waals surface area (Å²) in [6.45, 7) is 2.23. The van der Waals surface area contributed by atoms with Crippen LogP contribution >= 0.6 is 0 Å². The molecule has 0 saturated heterocycles. The number of hydrogen-bond donors (Lipinski definition) is 2. The molecule has 0 aromatic heterocycles. The normalized spacial score (nSPS) is 25.9. The van der Waals surface area contributed by atoms with Crippen LogP contribution in [0.3, 0.4) is 0 Å². The summed E-state index contributed by atoms with van der Waals surface area (Å²) in [5.41, 5.74) is 3.50. The first kappa shape index (κ1) is 9.69. The molecule has 0 spiro atoms. The lowest BCUT2D eigenvalue weighted by Gasteiger charge is -2.28. The molecule has 76 valence electrons. The van der Waals surface area contributed by atoms with Gasteiger partial charge in [0.05, 0.1) is 6.10 Å². The van der Waals surface area contributed by atoms with Gasteiger partial charge in [0.2, 0.25) is 0 Å². The van der Waals surface area contributed by atoms with Crippen molar-refractivity contribution in [2.24, 2.45) is 5.92 Å². The number of fused-ring (bicyclic) bond motifs is 1. The molecule has 1 aromatic carbocycles. The first-order chi connectivity index (χ1) is 6.72. The topological polar surface area (TPSA) is 40.5 Å². The molecule has 1 aliphatic rings. The van der Waals surface area contributed by atoms with Gasteiger partial charge < -0.3 is 10.2 Å². The standard InChI is InChI=1S/C12H16O2/c1-8-3-2-4-10-11(8)5-9(7-13)6-12(10)14/h2-4,9,12-14H,5-7H2,1H3/t9-,12+/m1/s1. The van der Waals surface area contributed by atoms with Gasteiger partial charge in [-0.3, -0.25) is 0 Å². The molecular weight excluding hydrogens is 176 g/mol. The average Bonchev–Trinajstić information content (AvgIpc) is 2.19. The van der Waals surface area contributed by atoms with E-state index in [2.05, 4.69) is 13.0 Å². The minimum atomic E-state index is -0.393. The third-order valence-corrected chi connectivity index (χ3v) is 3.11. The molecule has 1 aromatic rings. The zero-order chi connectivity index (χ0) is 10.1. The van der Waals surface area contributed by atoms with Crippen molar-refractivity contribution in [3.05, 3.63) is 34.9 Å². The first-order valence-corrected chi connectivity index (χ1v) is 5.09. The maximum Gasteiger partial charge on any atom is 0.0796 e. The minimum Gasteiger partial charge on any atom is -0.396 e. The van der Waals surface area contributed by atoms with Gasteiger partial charge in [-0.15, -0.1) is 0 Å². The molecule has 0 aliphatic heterocycles. The highest BCUT2D eigenvalue weighted by molar-refractivity contribution is 5.37. The van der Waals surface area contributed by atoms with Crippen LogP contribution in [-0.4, -0.2) is 16.8 Å². The lowest BCUT2D eigenvalue weighted by Crippen LogP contribution is -2.21. The minimum absolute atomic E-state index is 0.171. The van der Waals surface area contributed by atoms with E-state index in [9.17, 15) is 5.11 Å². The van der Waals surface area contributed by atoms with Crippen molar-refractivity contribution in [2.45, 2.75) is 25.9 Å². The van der Waals surface area contributed by atoms with Gasteiger partial charge in [-0.25, -0.2) is 0 Å².